The number of aliphatic hydroxyl groups excluding tert-OH is 3. The highest BCUT2D eigenvalue weighted by molar-refractivity contribution is 5.69. The van der Waals surface area contributed by atoms with Crippen LogP contribution in [0.2, 0.25) is 0 Å². The van der Waals surface area contributed by atoms with Crippen LogP contribution in [0.15, 0.2) is 0 Å². The second-order valence-electron chi connectivity index (χ2n) is 5.70. The maximum absolute atomic E-state index is 11.6. The lowest BCUT2D eigenvalue weighted by molar-refractivity contribution is -0.227. The van der Waals surface area contributed by atoms with Crippen molar-refractivity contribution in [3.8, 4) is 0 Å². The summed E-state index contributed by atoms with van der Waals surface area (Å²) < 4.78 is 10.4. The van der Waals surface area contributed by atoms with Gasteiger partial charge < -0.3 is 24.8 Å². The van der Waals surface area contributed by atoms with E-state index < -0.39 is 30.5 Å². The molecule has 1 aliphatic rings. The van der Waals surface area contributed by atoms with Crippen molar-refractivity contribution in [2.75, 3.05) is 6.61 Å². The van der Waals surface area contributed by atoms with Crippen LogP contribution in [0.25, 0.3) is 0 Å². The number of rotatable bonds is 8. The quantitative estimate of drug-likeness (QED) is 0.452. The van der Waals surface area contributed by atoms with Gasteiger partial charge in [-0.2, -0.15) is 0 Å². The van der Waals surface area contributed by atoms with Gasteiger partial charge in [-0.1, -0.05) is 32.6 Å². The Kier molecular flexibility index (Phi) is 8.18. The normalized spacial score (nSPS) is 32.9. The van der Waals surface area contributed by atoms with Crippen molar-refractivity contribution in [3.05, 3.63) is 0 Å². The summed E-state index contributed by atoms with van der Waals surface area (Å²) in [5, 5.41) is 29.0. The fourth-order valence-electron chi connectivity index (χ4n) is 2.39. The van der Waals surface area contributed by atoms with Crippen molar-refractivity contribution < 1.29 is 29.6 Å². The van der Waals surface area contributed by atoms with Crippen LogP contribution in [-0.4, -0.2) is 58.4 Å². The summed E-state index contributed by atoms with van der Waals surface area (Å²) in [4.78, 5) is 11.6. The zero-order chi connectivity index (χ0) is 15.8. The second-order valence-corrected chi connectivity index (χ2v) is 5.70. The molecule has 0 saturated carbocycles. The molecular formula is C15H28O6. The lowest BCUT2D eigenvalue weighted by Crippen LogP contribution is -2.57. The average molecular weight is 304 g/mol. The highest BCUT2D eigenvalue weighted by Gasteiger charge is 2.42. The third-order valence-electron chi connectivity index (χ3n) is 3.84. The Balaban J connectivity index is 2.23. The van der Waals surface area contributed by atoms with E-state index in [1.165, 1.54) is 6.42 Å². The largest absolute Gasteiger partial charge is 0.463 e. The molecule has 0 amide bonds. The van der Waals surface area contributed by atoms with E-state index in [4.69, 9.17) is 9.47 Å². The minimum atomic E-state index is -1.29. The fraction of sp³-hybridized carbons (Fsp3) is 0.933. The van der Waals surface area contributed by atoms with E-state index in [0.717, 1.165) is 25.7 Å². The van der Waals surface area contributed by atoms with Gasteiger partial charge in [-0.05, 0) is 13.3 Å². The van der Waals surface area contributed by atoms with Gasteiger partial charge in [0.25, 0.3) is 0 Å². The van der Waals surface area contributed by atoms with Crippen LogP contribution in [0.1, 0.15) is 52.4 Å². The Bertz CT molecular complexity index is 309. The topological polar surface area (TPSA) is 96.2 Å². The predicted molar refractivity (Wildman–Crippen MR) is 76.7 cm³/mol. The van der Waals surface area contributed by atoms with Crippen LogP contribution >= 0.6 is 0 Å². The summed E-state index contributed by atoms with van der Waals surface area (Å²) in [5.41, 5.74) is 0. The lowest BCUT2D eigenvalue weighted by atomic mass is 9.96. The first-order valence-corrected chi connectivity index (χ1v) is 7.82. The Morgan fingerprint density at radius 3 is 2.38 bits per heavy atom. The number of unbranched alkanes of at least 4 members (excludes halogenated alkanes) is 4. The van der Waals surface area contributed by atoms with Gasteiger partial charge in [0.2, 0.25) is 0 Å². The molecule has 3 unspecified atom stereocenters. The smallest absolute Gasteiger partial charge is 0.305 e. The van der Waals surface area contributed by atoms with Crippen LogP contribution in [0.4, 0.5) is 0 Å². The minimum Gasteiger partial charge on any atom is -0.463 e. The van der Waals surface area contributed by atoms with E-state index >= 15 is 0 Å². The molecule has 6 heteroatoms. The molecule has 0 bridgehead atoms. The first-order chi connectivity index (χ1) is 9.97. The molecule has 124 valence electrons. The molecule has 0 radical (unpaired) electrons. The molecule has 0 aliphatic carbocycles. The number of carbonyl (C=O) groups excluding carboxylic acids is 1. The second kappa shape index (κ2) is 9.35. The van der Waals surface area contributed by atoms with Crippen LogP contribution in [-0.2, 0) is 14.3 Å². The maximum Gasteiger partial charge on any atom is 0.305 e. The molecular weight excluding hydrogens is 276 g/mol. The van der Waals surface area contributed by atoms with Crippen molar-refractivity contribution in [1.82, 2.24) is 0 Å². The van der Waals surface area contributed by atoms with E-state index in [2.05, 4.69) is 6.92 Å². The molecule has 1 heterocycles. The molecule has 1 rings (SSSR count). The van der Waals surface area contributed by atoms with Crippen molar-refractivity contribution in [2.24, 2.45) is 0 Å². The highest BCUT2D eigenvalue weighted by atomic mass is 16.6. The molecule has 0 aromatic rings. The molecule has 1 saturated heterocycles. The third kappa shape index (κ3) is 5.90. The van der Waals surface area contributed by atoms with Gasteiger partial charge in [-0.15, -0.1) is 0 Å². The van der Waals surface area contributed by atoms with Crippen molar-refractivity contribution in [1.29, 1.82) is 0 Å². The molecule has 0 aromatic carbocycles. The number of hydrogen-bond acceptors (Lipinski definition) is 6. The summed E-state index contributed by atoms with van der Waals surface area (Å²) in [5.74, 6) is -0.324. The molecule has 1 fully saturated rings. The van der Waals surface area contributed by atoms with Gasteiger partial charge in [0, 0.05) is 6.42 Å². The number of aliphatic hydroxyl groups is 3. The van der Waals surface area contributed by atoms with Crippen LogP contribution in [0.3, 0.4) is 0 Å². The van der Waals surface area contributed by atoms with E-state index in [0.29, 0.717) is 6.42 Å². The van der Waals surface area contributed by atoms with E-state index in [9.17, 15) is 20.1 Å². The zero-order valence-electron chi connectivity index (χ0n) is 12.9. The maximum atomic E-state index is 11.6. The van der Waals surface area contributed by atoms with Gasteiger partial charge in [0.15, 0.2) is 0 Å². The monoisotopic (exact) mass is 304 g/mol. The fourth-order valence-corrected chi connectivity index (χ4v) is 2.39. The van der Waals surface area contributed by atoms with Gasteiger partial charge in [-0.3, -0.25) is 4.79 Å². The molecule has 5 atom stereocenters. The molecule has 0 aromatic heterocycles. The van der Waals surface area contributed by atoms with Gasteiger partial charge in [-0.25, -0.2) is 0 Å². The van der Waals surface area contributed by atoms with Crippen LogP contribution in [0.5, 0.6) is 0 Å². The van der Waals surface area contributed by atoms with Gasteiger partial charge in [0.1, 0.15) is 31.0 Å². The molecule has 1 aliphatic heterocycles. The van der Waals surface area contributed by atoms with Crippen molar-refractivity contribution >= 4 is 5.97 Å². The Morgan fingerprint density at radius 1 is 1.05 bits per heavy atom. The Morgan fingerprint density at radius 2 is 1.71 bits per heavy atom. The predicted octanol–water partition coefficient (Wildman–Crippen LogP) is 0.760. The Hall–Kier alpha value is -0.690. The number of esters is 1. The minimum absolute atomic E-state index is 0.108. The van der Waals surface area contributed by atoms with Crippen molar-refractivity contribution in [2.45, 2.75) is 82.9 Å². The summed E-state index contributed by atoms with van der Waals surface area (Å²) in [6, 6.07) is 0. The summed E-state index contributed by atoms with van der Waals surface area (Å²) in [6.07, 6.45) is 0.526. The third-order valence-corrected chi connectivity index (χ3v) is 3.84. The number of hydrogen-bond donors (Lipinski definition) is 3. The summed E-state index contributed by atoms with van der Waals surface area (Å²) >= 11 is 0. The highest BCUT2D eigenvalue weighted by Crippen LogP contribution is 2.21. The first-order valence-electron chi connectivity index (χ1n) is 7.82. The van der Waals surface area contributed by atoms with E-state index in [1.54, 1.807) is 6.92 Å². The number of ether oxygens (including phenoxy) is 2. The van der Waals surface area contributed by atoms with Crippen molar-refractivity contribution in [3.63, 3.8) is 0 Å². The first kappa shape index (κ1) is 18.4. The SMILES string of the molecule is CCCCCCCC(=O)OC[C@H]1OC(C)C(O)[C@@H](O)C1O. The molecule has 6 nitrogen and oxygen atoms in total. The number of carbonyl (C=O) groups is 1. The standard InChI is InChI=1S/C15H28O6/c1-3-4-5-6-7-8-12(16)20-9-11-14(18)15(19)13(17)10(2)21-11/h10-11,13-15,17-19H,3-9H2,1-2H3/t10?,11-,13?,14?,15-/m1/s1. The van der Waals surface area contributed by atoms with E-state index in [-0.39, 0.29) is 12.6 Å². The van der Waals surface area contributed by atoms with Crippen LogP contribution in [0, 0.1) is 0 Å². The van der Waals surface area contributed by atoms with Crippen LogP contribution < -0.4 is 0 Å². The summed E-state index contributed by atoms with van der Waals surface area (Å²) in [6.45, 7) is 3.63. The lowest BCUT2D eigenvalue weighted by Gasteiger charge is -2.38. The molecule has 21 heavy (non-hydrogen) atoms. The Labute approximate surface area is 126 Å². The molecule has 0 spiro atoms. The average Bonchev–Trinajstić information content (AvgIpc) is 2.47. The van der Waals surface area contributed by atoms with Gasteiger partial charge >= 0.3 is 5.97 Å². The zero-order valence-corrected chi connectivity index (χ0v) is 12.9. The summed E-state index contributed by atoms with van der Waals surface area (Å²) in [7, 11) is 0. The molecule has 3 N–H and O–H groups in total. The van der Waals surface area contributed by atoms with E-state index in [1.807, 2.05) is 0 Å². The van der Waals surface area contributed by atoms with Gasteiger partial charge in [0.05, 0.1) is 6.10 Å².